The number of hydrogen-bond acceptors (Lipinski definition) is 2. The van der Waals surface area contributed by atoms with Gasteiger partial charge in [0.15, 0.2) is 0 Å². The highest BCUT2D eigenvalue weighted by molar-refractivity contribution is 5.74. The number of benzene rings is 2. The second-order valence-electron chi connectivity index (χ2n) is 6.93. The first-order valence-electron chi connectivity index (χ1n) is 8.89. The molecule has 1 saturated carbocycles. The molecule has 1 aliphatic carbocycles. The zero-order valence-corrected chi connectivity index (χ0v) is 14.7. The molecule has 0 aromatic heterocycles. The molecule has 2 aromatic carbocycles. The molecule has 1 aliphatic rings. The number of rotatable bonds is 7. The summed E-state index contributed by atoms with van der Waals surface area (Å²) in [4.78, 5) is 12.1. The molecule has 0 spiro atoms. The minimum atomic E-state index is -0.105. The van der Waals surface area contributed by atoms with Crippen LogP contribution in [0.5, 0.6) is 0 Å². The fourth-order valence-corrected chi connectivity index (χ4v) is 3.30. The van der Waals surface area contributed by atoms with Crippen LogP contribution in [0.15, 0.2) is 48.5 Å². The van der Waals surface area contributed by atoms with Gasteiger partial charge in [-0.05, 0) is 48.4 Å². The second kappa shape index (κ2) is 7.70. The lowest BCUT2D eigenvalue weighted by Crippen LogP contribution is -2.40. The number of carbonyl (C=O) groups excluding carboxylic acids is 1. The maximum atomic E-state index is 12.1. The molecule has 0 unspecified atom stereocenters. The molecule has 3 rings (SSSR count). The van der Waals surface area contributed by atoms with Gasteiger partial charge in [-0.15, -0.1) is 0 Å². The van der Waals surface area contributed by atoms with Crippen molar-refractivity contribution in [2.75, 3.05) is 13.1 Å². The molecule has 1 fully saturated rings. The average molecular weight is 338 g/mol. The number of hydrogen-bond donors (Lipinski definition) is 3. The zero-order chi connectivity index (χ0) is 17.7. The number of aliphatic hydroxyl groups is 1. The van der Waals surface area contributed by atoms with Gasteiger partial charge in [-0.25, -0.2) is 4.79 Å². The van der Waals surface area contributed by atoms with Gasteiger partial charge in [0, 0.05) is 18.5 Å². The maximum absolute atomic E-state index is 12.1. The Bertz CT molecular complexity index is 721. The van der Waals surface area contributed by atoms with Gasteiger partial charge < -0.3 is 15.7 Å². The van der Waals surface area contributed by atoms with Crippen molar-refractivity contribution >= 4 is 6.03 Å². The molecule has 0 atom stereocenters. The Hall–Kier alpha value is -2.33. The summed E-state index contributed by atoms with van der Waals surface area (Å²) in [6.07, 6.45) is 3.05. The predicted molar refractivity (Wildman–Crippen MR) is 99.6 cm³/mol. The maximum Gasteiger partial charge on any atom is 0.314 e. The van der Waals surface area contributed by atoms with Gasteiger partial charge in [0.25, 0.3) is 0 Å². The van der Waals surface area contributed by atoms with Crippen LogP contribution in [0.1, 0.15) is 35.1 Å². The summed E-state index contributed by atoms with van der Waals surface area (Å²) in [7, 11) is 0. The third-order valence-corrected chi connectivity index (χ3v) is 5.06. The van der Waals surface area contributed by atoms with Crippen LogP contribution < -0.4 is 10.6 Å². The van der Waals surface area contributed by atoms with Crippen molar-refractivity contribution in [3.63, 3.8) is 0 Å². The number of nitrogens with one attached hydrogen (secondary N) is 2. The molecular weight excluding hydrogens is 312 g/mol. The van der Waals surface area contributed by atoms with E-state index >= 15 is 0 Å². The van der Waals surface area contributed by atoms with Crippen molar-refractivity contribution in [1.29, 1.82) is 0 Å². The Kier molecular flexibility index (Phi) is 5.39. The summed E-state index contributed by atoms with van der Waals surface area (Å²) in [5.74, 6) is 0. The molecule has 2 amide bonds. The fourth-order valence-electron chi connectivity index (χ4n) is 3.30. The standard InChI is InChI=1S/C21H26N2O2/c1-16-4-2-3-5-19(16)21(11-12-21)15-23-20(25)22-13-10-17-6-8-18(14-24)9-7-17/h2-9,24H,10-15H2,1H3,(H2,22,23,25). The topological polar surface area (TPSA) is 61.4 Å². The van der Waals surface area contributed by atoms with Crippen molar-refractivity contribution in [3.8, 4) is 0 Å². The van der Waals surface area contributed by atoms with E-state index in [2.05, 4.69) is 41.8 Å². The lowest BCUT2D eigenvalue weighted by atomic mass is 9.92. The van der Waals surface area contributed by atoms with Crippen LogP contribution in [0, 0.1) is 6.92 Å². The highest BCUT2D eigenvalue weighted by atomic mass is 16.3. The number of urea groups is 1. The van der Waals surface area contributed by atoms with Gasteiger partial charge in [0.1, 0.15) is 0 Å². The van der Waals surface area contributed by atoms with Crippen LogP contribution in [0.4, 0.5) is 4.79 Å². The molecule has 0 saturated heterocycles. The Morgan fingerprint density at radius 2 is 1.72 bits per heavy atom. The SMILES string of the molecule is Cc1ccccc1C1(CNC(=O)NCCc2ccc(CO)cc2)CC1. The molecule has 4 nitrogen and oxygen atoms in total. The van der Waals surface area contributed by atoms with Crippen LogP contribution >= 0.6 is 0 Å². The van der Waals surface area contributed by atoms with Crippen LogP contribution in [-0.2, 0) is 18.4 Å². The highest BCUT2D eigenvalue weighted by Crippen LogP contribution is 2.48. The van der Waals surface area contributed by atoms with Crippen LogP contribution in [0.2, 0.25) is 0 Å². The molecule has 0 radical (unpaired) electrons. The van der Waals surface area contributed by atoms with Gasteiger partial charge in [-0.1, -0.05) is 48.5 Å². The smallest absolute Gasteiger partial charge is 0.314 e. The number of amides is 2. The molecule has 0 aliphatic heterocycles. The lowest BCUT2D eigenvalue weighted by Gasteiger charge is -2.19. The lowest BCUT2D eigenvalue weighted by molar-refractivity contribution is 0.240. The average Bonchev–Trinajstić information content (AvgIpc) is 3.42. The van der Waals surface area contributed by atoms with E-state index in [1.165, 1.54) is 11.1 Å². The van der Waals surface area contributed by atoms with E-state index in [1.54, 1.807) is 0 Å². The normalized spacial score (nSPS) is 14.8. The summed E-state index contributed by atoms with van der Waals surface area (Å²) in [6, 6.07) is 16.1. The molecular formula is C21H26N2O2. The molecule has 2 aromatic rings. The van der Waals surface area contributed by atoms with Gasteiger partial charge >= 0.3 is 6.03 Å². The van der Waals surface area contributed by atoms with E-state index in [0.29, 0.717) is 13.1 Å². The Morgan fingerprint density at radius 1 is 1.04 bits per heavy atom. The molecule has 3 N–H and O–H groups in total. The summed E-state index contributed by atoms with van der Waals surface area (Å²) >= 11 is 0. The van der Waals surface area contributed by atoms with Gasteiger partial charge in [-0.2, -0.15) is 0 Å². The predicted octanol–water partition coefficient (Wildman–Crippen LogP) is 3.06. The third-order valence-electron chi connectivity index (χ3n) is 5.06. The van der Waals surface area contributed by atoms with Crippen LogP contribution in [-0.4, -0.2) is 24.2 Å². The Balaban J connectivity index is 1.43. The summed E-state index contributed by atoms with van der Waals surface area (Å²) < 4.78 is 0. The fraction of sp³-hybridized carbons (Fsp3) is 0.381. The summed E-state index contributed by atoms with van der Waals surface area (Å²) in [5.41, 5.74) is 4.84. The van der Waals surface area contributed by atoms with E-state index in [4.69, 9.17) is 5.11 Å². The summed E-state index contributed by atoms with van der Waals surface area (Å²) in [6.45, 7) is 3.48. The molecule has 25 heavy (non-hydrogen) atoms. The largest absolute Gasteiger partial charge is 0.392 e. The number of carbonyl (C=O) groups is 1. The number of aliphatic hydroxyl groups excluding tert-OH is 1. The minimum absolute atomic E-state index is 0.0591. The first kappa shape index (κ1) is 17.5. The third kappa shape index (κ3) is 4.40. The Labute approximate surface area is 149 Å². The van der Waals surface area contributed by atoms with Crippen molar-refractivity contribution in [1.82, 2.24) is 10.6 Å². The van der Waals surface area contributed by atoms with Crippen molar-refractivity contribution in [3.05, 3.63) is 70.8 Å². The monoisotopic (exact) mass is 338 g/mol. The van der Waals surface area contributed by atoms with Crippen LogP contribution in [0.25, 0.3) is 0 Å². The second-order valence-corrected chi connectivity index (χ2v) is 6.93. The van der Waals surface area contributed by atoms with Gasteiger partial charge in [0.2, 0.25) is 0 Å². The van der Waals surface area contributed by atoms with Crippen molar-refractivity contribution in [2.24, 2.45) is 0 Å². The molecule has 0 heterocycles. The van der Waals surface area contributed by atoms with E-state index in [9.17, 15) is 4.79 Å². The molecule has 0 bridgehead atoms. The van der Waals surface area contributed by atoms with Crippen molar-refractivity contribution in [2.45, 2.75) is 38.2 Å². The first-order valence-corrected chi connectivity index (χ1v) is 8.89. The first-order chi connectivity index (χ1) is 12.1. The molecule has 4 heteroatoms. The quantitative estimate of drug-likeness (QED) is 0.726. The van der Waals surface area contributed by atoms with Gasteiger partial charge in [-0.3, -0.25) is 0 Å². The van der Waals surface area contributed by atoms with E-state index in [-0.39, 0.29) is 18.1 Å². The van der Waals surface area contributed by atoms with E-state index < -0.39 is 0 Å². The van der Waals surface area contributed by atoms with E-state index in [0.717, 1.165) is 30.4 Å². The van der Waals surface area contributed by atoms with Crippen molar-refractivity contribution < 1.29 is 9.90 Å². The summed E-state index contributed by atoms with van der Waals surface area (Å²) in [5, 5.41) is 15.0. The van der Waals surface area contributed by atoms with E-state index in [1.807, 2.05) is 24.3 Å². The number of aryl methyl sites for hydroxylation is 1. The minimum Gasteiger partial charge on any atom is -0.392 e. The van der Waals surface area contributed by atoms with Gasteiger partial charge in [0.05, 0.1) is 6.61 Å². The van der Waals surface area contributed by atoms with Crippen LogP contribution in [0.3, 0.4) is 0 Å². The highest BCUT2D eigenvalue weighted by Gasteiger charge is 2.45. The molecule has 132 valence electrons. The zero-order valence-electron chi connectivity index (χ0n) is 14.7. The Morgan fingerprint density at radius 3 is 2.36 bits per heavy atom.